The van der Waals surface area contributed by atoms with Crippen molar-refractivity contribution < 1.29 is 9.90 Å². The number of allylic oxidation sites excluding steroid dienone is 3. The Morgan fingerprint density at radius 1 is 1.08 bits per heavy atom. The first-order valence-corrected chi connectivity index (χ1v) is 9.86. The molecule has 0 atom stereocenters. The minimum Gasteiger partial charge on any atom is -0.478 e. The molecule has 136 valence electrons. The van der Waals surface area contributed by atoms with Crippen LogP contribution < -0.4 is 0 Å². The second-order valence-electron chi connectivity index (χ2n) is 7.23. The highest BCUT2D eigenvalue weighted by Crippen LogP contribution is 2.37. The summed E-state index contributed by atoms with van der Waals surface area (Å²) >= 11 is 0. The standard InChI is InChI=1S/C23H32O2/c1-3-5-6-7-9-22(23(24)25)21-16-14-20(15-17-21)19-12-10-18(8-4-2)11-13-19/h6-7,9,14-19H,3-5,8,10-13H2,1-2H3,(H,24,25)/b7-6+,22-9+. The molecule has 0 unspecified atom stereocenters. The van der Waals surface area contributed by atoms with Crippen LogP contribution in [0, 0.1) is 5.92 Å². The molecule has 0 radical (unpaired) electrons. The van der Waals surface area contributed by atoms with Gasteiger partial charge < -0.3 is 5.11 Å². The van der Waals surface area contributed by atoms with E-state index >= 15 is 0 Å². The van der Waals surface area contributed by atoms with E-state index in [1.54, 1.807) is 6.08 Å². The molecule has 0 spiro atoms. The van der Waals surface area contributed by atoms with Gasteiger partial charge >= 0.3 is 5.97 Å². The third-order valence-corrected chi connectivity index (χ3v) is 5.32. The molecule has 1 aliphatic carbocycles. The molecule has 1 N–H and O–H groups in total. The Labute approximate surface area is 152 Å². The molecular weight excluding hydrogens is 308 g/mol. The minimum atomic E-state index is -0.867. The first-order valence-electron chi connectivity index (χ1n) is 9.86. The van der Waals surface area contributed by atoms with Gasteiger partial charge in [-0.25, -0.2) is 4.79 Å². The summed E-state index contributed by atoms with van der Waals surface area (Å²) in [5.41, 5.74) is 2.52. The molecule has 2 nitrogen and oxygen atoms in total. The van der Waals surface area contributed by atoms with E-state index in [2.05, 4.69) is 26.0 Å². The molecule has 0 aromatic heterocycles. The fourth-order valence-electron chi connectivity index (χ4n) is 3.85. The Bertz CT molecular complexity index is 587. The third-order valence-electron chi connectivity index (χ3n) is 5.32. The van der Waals surface area contributed by atoms with E-state index < -0.39 is 5.97 Å². The van der Waals surface area contributed by atoms with Gasteiger partial charge in [-0.15, -0.1) is 0 Å². The lowest BCUT2D eigenvalue weighted by atomic mass is 9.77. The van der Waals surface area contributed by atoms with Crippen molar-refractivity contribution in [1.29, 1.82) is 0 Å². The first kappa shape index (κ1) is 19.5. The Kier molecular flexibility index (Phi) is 7.97. The number of aliphatic carboxylic acids is 1. The third kappa shape index (κ3) is 5.88. The molecule has 2 heteroatoms. The maximum Gasteiger partial charge on any atom is 0.336 e. The summed E-state index contributed by atoms with van der Waals surface area (Å²) < 4.78 is 0. The second kappa shape index (κ2) is 10.2. The zero-order chi connectivity index (χ0) is 18.1. The van der Waals surface area contributed by atoms with Crippen LogP contribution in [0.1, 0.15) is 82.3 Å². The van der Waals surface area contributed by atoms with Crippen molar-refractivity contribution in [3.05, 3.63) is 53.6 Å². The summed E-state index contributed by atoms with van der Waals surface area (Å²) in [5, 5.41) is 9.48. The largest absolute Gasteiger partial charge is 0.478 e. The zero-order valence-electron chi connectivity index (χ0n) is 15.7. The van der Waals surface area contributed by atoms with Gasteiger partial charge in [0, 0.05) is 0 Å². The monoisotopic (exact) mass is 340 g/mol. The number of carboxylic acids is 1. The van der Waals surface area contributed by atoms with Crippen molar-refractivity contribution >= 4 is 11.5 Å². The van der Waals surface area contributed by atoms with Gasteiger partial charge in [0.05, 0.1) is 5.57 Å². The van der Waals surface area contributed by atoms with E-state index in [4.69, 9.17) is 0 Å². The quantitative estimate of drug-likeness (QED) is 0.428. The van der Waals surface area contributed by atoms with Gasteiger partial charge in [0.25, 0.3) is 0 Å². The molecule has 0 saturated heterocycles. The summed E-state index contributed by atoms with van der Waals surface area (Å²) in [4.78, 5) is 11.5. The van der Waals surface area contributed by atoms with Gasteiger partial charge in [0.1, 0.15) is 0 Å². The normalized spacial score (nSPS) is 21.6. The molecule has 0 amide bonds. The number of hydrogen-bond acceptors (Lipinski definition) is 1. The molecule has 25 heavy (non-hydrogen) atoms. The number of hydrogen-bond donors (Lipinski definition) is 1. The van der Waals surface area contributed by atoms with Crippen LogP contribution in [0.25, 0.3) is 5.57 Å². The SMILES string of the molecule is CCC/C=C/C=C(/C(=O)O)c1ccc(C2CCC(CCC)CC2)cc1. The summed E-state index contributed by atoms with van der Waals surface area (Å²) in [6.45, 7) is 4.39. The van der Waals surface area contributed by atoms with Crippen molar-refractivity contribution in [1.82, 2.24) is 0 Å². The van der Waals surface area contributed by atoms with E-state index in [0.717, 1.165) is 24.3 Å². The lowest BCUT2D eigenvalue weighted by Gasteiger charge is -2.28. The number of carboxylic acid groups (broad SMARTS) is 1. The Morgan fingerprint density at radius 3 is 2.32 bits per heavy atom. The maximum atomic E-state index is 11.5. The van der Waals surface area contributed by atoms with E-state index in [9.17, 15) is 9.90 Å². The van der Waals surface area contributed by atoms with Crippen LogP contribution in [-0.2, 0) is 4.79 Å². The molecule has 0 bridgehead atoms. The molecule has 1 saturated carbocycles. The fraction of sp³-hybridized carbons (Fsp3) is 0.522. The predicted molar refractivity (Wildman–Crippen MR) is 106 cm³/mol. The molecule has 0 heterocycles. The lowest BCUT2D eigenvalue weighted by Crippen LogP contribution is -2.13. The average Bonchev–Trinajstić information content (AvgIpc) is 2.63. The maximum absolute atomic E-state index is 11.5. The highest BCUT2D eigenvalue weighted by atomic mass is 16.4. The topological polar surface area (TPSA) is 37.3 Å². The number of benzene rings is 1. The first-order chi connectivity index (χ1) is 12.2. The summed E-state index contributed by atoms with van der Waals surface area (Å²) in [6, 6.07) is 8.21. The van der Waals surface area contributed by atoms with Crippen LogP contribution in [0.15, 0.2) is 42.5 Å². The summed E-state index contributed by atoms with van der Waals surface area (Å²) in [7, 11) is 0. The van der Waals surface area contributed by atoms with Crippen molar-refractivity contribution in [2.45, 2.75) is 71.1 Å². The van der Waals surface area contributed by atoms with Gasteiger partial charge in [-0.3, -0.25) is 0 Å². The molecule has 1 aliphatic rings. The van der Waals surface area contributed by atoms with Crippen molar-refractivity contribution in [3.8, 4) is 0 Å². The molecule has 1 aromatic rings. The fourth-order valence-corrected chi connectivity index (χ4v) is 3.85. The highest BCUT2D eigenvalue weighted by molar-refractivity contribution is 6.15. The number of unbranched alkanes of at least 4 members (excludes halogenated alkanes) is 1. The van der Waals surface area contributed by atoms with Crippen LogP contribution in [0.4, 0.5) is 0 Å². The van der Waals surface area contributed by atoms with Gasteiger partial charge in [0.2, 0.25) is 0 Å². The lowest BCUT2D eigenvalue weighted by molar-refractivity contribution is -0.130. The van der Waals surface area contributed by atoms with Gasteiger partial charge in [-0.1, -0.05) is 69.5 Å². The Hall–Kier alpha value is -1.83. The van der Waals surface area contributed by atoms with Crippen LogP contribution in [0.5, 0.6) is 0 Å². The predicted octanol–water partition coefficient (Wildman–Crippen LogP) is 6.58. The van der Waals surface area contributed by atoms with E-state index in [1.165, 1.54) is 44.1 Å². The van der Waals surface area contributed by atoms with E-state index in [-0.39, 0.29) is 0 Å². The highest BCUT2D eigenvalue weighted by Gasteiger charge is 2.22. The average molecular weight is 341 g/mol. The van der Waals surface area contributed by atoms with E-state index in [1.807, 2.05) is 24.3 Å². The van der Waals surface area contributed by atoms with Crippen LogP contribution in [0.3, 0.4) is 0 Å². The van der Waals surface area contributed by atoms with Gasteiger partial charge in [-0.05, 0) is 61.1 Å². The Morgan fingerprint density at radius 2 is 1.76 bits per heavy atom. The van der Waals surface area contributed by atoms with Crippen molar-refractivity contribution in [2.75, 3.05) is 0 Å². The summed E-state index contributed by atoms with van der Waals surface area (Å²) in [6.07, 6.45) is 15.5. The molecular formula is C23H32O2. The van der Waals surface area contributed by atoms with Crippen molar-refractivity contribution in [2.24, 2.45) is 5.92 Å². The molecule has 1 fully saturated rings. The molecule has 0 aliphatic heterocycles. The van der Waals surface area contributed by atoms with E-state index in [0.29, 0.717) is 11.5 Å². The van der Waals surface area contributed by atoms with Gasteiger partial charge in [0.15, 0.2) is 0 Å². The summed E-state index contributed by atoms with van der Waals surface area (Å²) in [5.74, 6) is 0.690. The minimum absolute atomic E-state index is 0.366. The van der Waals surface area contributed by atoms with Gasteiger partial charge in [-0.2, -0.15) is 0 Å². The molecule has 1 aromatic carbocycles. The van der Waals surface area contributed by atoms with Crippen LogP contribution >= 0.6 is 0 Å². The zero-order valence-corrected chi connectivity index (χ0v) is 15.7. The smallest absolute Gasteiger partial charge is 0.336 e. The second-order valence-corrected chi connectivity index (χ2v) is 7.23. The van der Waals surface area contributed by atoms with Crippen molar-refractivity contribution in [3.63, 3.8) is 0 Å². The van der Waals surface area contributed by atoms with Crippen LogP contribution in [0.2, 0.25) is 0 Å². The number of rotatable bonds is 8. The Balaban J connectivity index is 2.04. The van der Waals surface area contributed by atoms with Crippen LogP contribution in [-0.4, -0.2) is 11.1 Å². The molecule has 2 rings (SSSR count). The number of carbonyl (C=O) groups is 1.